The minimum atomic E-state index is -0.845. The van der Waals surface area contributed by atoms with E-state index in [9.17, 15) is 4.79 Å². The van der Waals surface area contributed by atoms with Crippen molar-refractivity contribution < 1.29 is 9.90 Å². The van der Waals surface area contributed by atoms with Crippen LogP contribution in [0.2, 0.25) is 5.32 Å². The summed E-state index contributed by atoms with van der Waals surface area (Å²) >= 11 is 2.70. The molecule has 0 spiro atoms. The van der Waals surface area contributed by atoms with Crippen LogP contribution in [0, 0.1) is 0 Å². The number of hydrogen-bond acceptors (Lipinski definition) is 2. The van der Waals surface area contributed by atoms with E-state index in [2.05, 4.69) is 21.3 Å². The summed E-state index contributed by atoms with van der Waals surface area (Å²) in [6.07, 6.45) is 0. The first-order valence-electron chi connectivity index (χ1n) is 3.86. The summed E-state index contributed by atoms with van der Waals surface area (Å²) < 4.78 is 0. The normalized spacial score (nSPS) is 12.1. The molecule has 0 amide bonds. The molecule has 0 aliphatic carbocycles. The van der Waals surface area contributed by atoms with Gasteiger partial charge in [-0.1, -0.05) is 0 Å². The van der Waals surface area contributed by atoms with Gasteiger partial charge in [0.05, 0.1) is 0 Å². The fourth-order valence-corrected chi connectivity index (χ4v) is 1.38. The fourth-order valence-electron chi connectivity index (χ4n) is 0.910. The van der Waals surface area contributed by atoms with Gasteiger partial charge in [-0.15, -0.1) is 0 Å². The number of carboxylic acids is 1. The van der Waals surface area contributed by atoms with E-state index in [-0.39, 0.29) is 0 Å². The average Bonchev–Trinajstić information content (AvgIpc) is 2.15. The van der Waals surface area contributed by atoms with Crippen molar-refractivity contribution in [2.45, 2.75) is 11.4 Å². The van der Waals surface area contributed by atoms with Crippen LogP contribution in [0.3, 0.4) is 0 Å². The van der Waals surface area contributed by atoms with Gasteiger partial charge in [-0.25, -0.2) is 0 Å². The Balaban J connectivity index is 2.62. The van der Waals surface area contributed by atoms with Crippen LogP contribution in [0.25, 0.3) is 0 Å². The first-order valence-corrected chi connectivity index (χ1v) is 5.07. The molecule has 69 valence electrons. The van der Waals surface area contributed by atoms with Gasteiger partial charge in [-0.2, -0.15) is 0 Å². The Morgan fingerprint density at radius 2 is 2.08 bits per heavy atom. The summed E-state index contributed by atoms with van der Waals surface area (Å²) in [5, 5.41) is 12.1. The summed E-state index contributed by atoms with van der Waals surface area (Å²) in [6, 6.07) is 8.74. The minimum absolute atomic E-state index is 0.449. The van der Waals surface area contributed by atoms with Crippen molar-refractivity contribution in [2.75, 3.05) is 5.32 Å². The summed E-state index contributed by atoms with van der Waals surface area (Å²) in [5.41, 5.74) is 0.824. The van der Waals surface area contributed by atoms with Crippen molar-refractivity contribution in [3.05, 3.63) is 30.3 Å². The Morgan fingerprint density at radius 1 is 1.46 bits per heavy atom. The fraction of sp³-hybridized carbons (Fsp3) is 0.222. The Morgan fingerprint density at radius 3 is 2.54 bits per heavy atom. The van der Waals surface area contributed by atoms with Crippen LogP contribution in [0.4, 0.5) is 5.69 Å². The molecule has 0 saturated carbocycles. The molecule has 0 unspecified atom stereocenters. The molecule has 0 bridgehead atoms. The molecular weight excluding hydrogens is 233 g/mol. The van der Waals surface area contributed by atoms with Gasteiger partial charge in [0, 0.05) is 0 Å². The number of benzene rings is 1. The molecule has 0 aromatic heterocycles. The Hall–Kier alpha value is -0.991. The Kier molecular flexibility index (Phi) is 3.80. The van der Waals surface area contributed by atoms with Gasteiger partial charge in [-0.3, -0.25) is 0 Å². The van der Waals surface area contributed by atoms with Crippen LogP contribution in [0.1, 0.15) is 0 Å². The summed E-state index contributed by atoms with van der Waals surface area (Å²) in [5.74, 6) is -0.845. The van der Waals surface area contributed by atoms with E-state index in [1.807, 2.05) is 30.3 Å². The van der Waals surface area contributed by atoms with Crippen LogP contribution in [0.5, 0.6) is 0 Å². The van der Waals surface area contributed by atoms with Crippen molar-refractivity contribution >= 4 is 27.7 Å². The van der Waals surface area contributed by atoms with Gasteiger partial charge in [0.15, 0.2) is 0 Å². The van der Waals surface area contributed by atoms with E-state index in [1.54, 1.807) is 0 Å². The predicted molar refractivity (Wildman–Crippen MR) is 52.0 cm³/mol. The first kappa shape index (κ1) is 10.1. The van der Waals surface area contributed by atoms with Gasteiger partial charge >= 0.3 is 84.6 Å². The standard InChI is InChI=1S/C9H10NO2Se/c11-9(12)8(6-13)10-7-4-2-1-3-5-7/h1-5,8,10H,6H2,(H,11,12)/t8-/m0/s1. The summed E-state index contributed by atoms with van der Waals surface area (Å²) in [7, 11) is 0. The van der Waals surface area contributed by atoms with Crippen LogP contribution >= 0.6 is 0 Å². The molecule has 2 N–H and O–H groups in total. The third-order valence-corrected chi connectivity index (χ3v) is 2.28. The molecule has 1 atom stereocenters. The molecule has 0 fully saturated rings. The molecule has 1 radical (unpaired) electrons. The van der Waals surface area contributed by atoms with Crippen molar-refractivity contribution in [3.63, 3.8) is 0 Å². The van der Waals surface area contributed by atoms with Crippen LogP contribution in [0.15, 0.2) is 30.3 Å². The Bertz CT molecular complexity index is 276. The van der Waals surface area contributed by atoms with Gasteiger partial charge in [0.1, 0.15) is 0 Å². The Labute approximate surface area is 85.0 Å². The van der Waals surface area contributed by atoms with Gasteiger partial charge in [-0.05, 0) is 0 Å². The SMILES string of the molecule is O=C(O)[C@H](C[Se])Nc1ccccc1. The average molecular weight is 243 g/mol. The van der Waals surface area contributed by atoms with Gasteiger partial charge in [0.2, 0.25) is 0 Å². The maximum absolute atomic E-state index is 10.7. The molecule has 4 heteroatoms. The van der Waals surface area contributed by atoms with E-state index in [4.69, 9.17) is 5.11 Å². The maximum atomic E-state index is 10.7. The zero-order valence-corrected chi connectivity index (χ0v) is 8.65. The molecule has 3 nitrogen and oxygen atoms in total. The number of anilines is 1. The van der Waals surface area contributed by atoms with E-state index < -0.39 is 12.0 Å². The zero-order chi connectivity index (χ0) is 9.68. The van der Waals surface area contributed by atoms with Crippen LogP contribution in [-0.4, -0.2) is 33.1 Å². The van der Waals surface area contributed by atoms with Crippen molar-refractivity contribution in [1.82, 2.24) is 0 Å². The van der Waals surface area contributed by atoms with Gasteiger partial charge in [0.25, 0.3) is 0 Å². The molecule has 0 aliphatic heterocycles. The number of nitrogens with one attached hydrogen (secondary N) is 1. The second-order valence-corrected chi connectivity index (χ2v) is 3.27. The van der Waals surface area contributed by atoms with E-state index >= 15 is 0 Å². The molecule has 0 saturated heterocycles. The van der Waals surface area contributed by atoms with Crippen molar-refractivity contribution in [2.24, 2.45) is 0 Å². The molecule has 13 heavy (non-hydrogen) atoms. The van der Waals surface area contributed by atoms with E-state index in [0.717, 1.165) is 5.69 Å². The zero-order valence-electron chi connectivity index (χ0n) is 6.93. The number of carbonyl (C=O) groups is 1. The van der Waals surface area contributed by atoms with Crippen molar-refractivity contribution in [3.8, 4) is 0 Å². The topological polar surface area (TPSA) is 49.3 Å². The number of rotatable bonds is 4. The third-order valence-electron chi connectivity index (χ3n) is 1.58. The first-order chi connectivity index (χ1) is 6.24. The summed E-state index contributed by atoms with van der Waals surface area (Å²) in [6.45, 7) is 0. The molecular formula is C9H10NO2Se. The quantitative estimate of drug-likeness (QED) is 0.779. The number of hydrogen-bond donors (Lipinski definition) is 2. The second-order valence-electron chi connectivity index (χ2n) is 2.57. The van der Waals surface area contributed by atoms with Crippen LogP contribution in [-0.2, 0) is 4.79 Å². The van der Waals surface area contributed by atoms with Crippen molar-refractivity contribution in [1.29, 1.82) is 0 Å². The number of carboxylic acid groups (broad SMARTS) is 1. The molecule has 1 rings (SSSR count). The van der Waals surface area contributed by atoms with E-state index in [1.165, 1.54) is 0 Å². The molecule has 0 aliphatic rings. The number of aliphatic carboxylic acids is 1. The molecule has 1 aromatic carbocycles. The third kappa shape index (κ3) is 3.09. The van der Waals surface area contributed by atoms with Crippen LogP contribution < -0.4 is 5.32 Å². The second kappa shape index (κ2) is 4.90. The monoisotopic (exact) mass is 244 g/mol. The molecule has 1 aromatic rings. The number of para-hydroxylation sites is 1. The van der Waals surface area contributed by atoms with E-state index in [0.29, 0.717) is 5.32 Å². The summed E-state index contributed by atoms with van der Waals surface area (Å²) in [4.78, 5) is 10.7. The van der Waals surface area contributed by atoms with Gasteiger partial charge < -0.3 is 0 Å². The predicted octanol–water partition coefficient (Wildman–Crippen LogP) is 1.14. The molecule has 0 heterocycles.